The average Bonchev–Trinajstić information content (AvgIpc) is 2.64. The van der Waals surface area contributed by atoms with Gasteiger partial charge in [0.15, 0.2) is 0 Å². The largest absolute Gasteiger partial charge is 0.366 e. The minimum atomic E-state index is -0.482. The number of para-hydroxylation sites is 1. The zero-order valence-corrected chi connectivity index (χ0v) is 15.8. The number of benzene rings is 1. The smallest absolute Gasteiger partial charge is 0.250 e. The van der Waals surface area contributed by atoms with Gasteiger partial charge in [-0.15, -0.1) is 0 Å². The van der Waals surface area contributed by atoms with Crippen LogP contribution < -0.4 is 16.0 Å². The number of primary amides is 1. The second-order valence-electron chi connectivity index (χ2n) is 6.06. The average molecular weight is 418 g/mol. The molecular weight excluding hydrogens is 398 g/mol. The van der Waals surface area contributed by atoms with Crippen LogP contribution in [-0.2, 0) is 4.79 Å². The summed E-state index contributed by atoms with van der Waals surface area (Å²) in [7, 11) is 0. The first-order valence-electron chi connectivity index (χ1n) is 8.30. The van der Waals surface area contributed by atoms with E-state index in [0.29, 0.717) is 12.1 Å². The van der Waals surface area contributed by atoms with Crippen LogP contribution in [0, 0.1) is 0 Å². The highest BCUT2D eigenvalue weighted by atomic mass is 79.9. The molecule has 136 valence electrons. The first-order chi connectivity index (χ1) is 12.5. The fourth-order valence-electron chi connectivity index (χ4n) is 2.81. The first kappa shape index (κ1) is 18.3. The molecule has 2 heterocycles. The minimum absolute atomic E-state index is 0.0331. The van der Waals surface area contributed by atoms with Gasteiger partial charge in [-0.2, -0.15) is 0 Å². The zero-order chi connectivity index (χ0) is 18.5. The van der Waals surface area contributed by atoms with Crippen molar-refractivity contribution in [3.63, 3.8) is 0 Å². The molecule has 0 unspecified atom stereocenters. The molecule has 3 N–H and O–H groups in total. The number of aromatic nitrogens is 1. The van der Waals surface area contributed by atoms with Gasteiger partial charge >= 0.3 is 0 Å². The van der Waals surface area contributed by atoms with Crippen molar-refractivity contribution in [2.45, 2.75) is 0 Å². The highest BCUT2D eigenvalue weighted by molar-refractivity contribution is 9.10. The molecule has 1 saturated heterocycles. The predicted molar refractivity (Wildman–Crippen MR) is 104 cm³/mol. The van der Waals surface area contributed by atoms with E-state index in [1.165, 1.54) is 6.20 Å². The Morgan fingerprint density at radius 3 is 2.46 bits per heavy atom. The predicted octanol–water partition coefficient (Wildman–Crippen LogP) is 1.70. The van der Waals surface area contributed by atoms with E-state index in [4.69, 9.17) is 5.73 Å². The van der Waals surface area contributed by atoms with Crippen molar-refractivity contribution in [3.8, 4) is 0 Å². The van der Waals surface area contributed by atoms with E-state index < -0.39 is 5.91 Å². The number of nitrogens with zero attached hydrogens (tertiary/aromatic N) is 3. The molecule has 1 aliphatic heterocycles. The monoisotopic (exact) mass is 417 g/mol. The second-order valence-corrected chi connectivity index (χ2v) is 6.91. The Balaban J connectivity index is 1.49. The number of hydrogen-bond donors (Lipinski definition) is 2. The third-order valence-corrected chi connectivity index (χ3v) is 4.94. The van der Waals surface area contributed by atoms with E-state index in [1.807, 2.05) is 24.3 Å². The van der Waals surface area contributed by atoms with Crippen molar-refractivity contribution in [2.75, 3.05) is 42.9 Å². The van der Waals surface area contributed by atoms with Crippen LogP contribution in [0.25, 0.3) is 0 Å². The number of halogens is 1. The third-order valence-electron chi connectivity index (χ3n) is 4.24. The molecule has 1 aliphatic rings. The minimum Gasteiger partial charge on any atom is -0.366 e. The number of rotatable bonds is 5. The van der Waals surface area contributed by atoms with Gasteiger partial charge in [0.05, 0.1) is 17.8 Å². The Morgan fingerprint density at radius 2 is 1.85 bits per heavy atom. The van der Waals surface area contributed by atoms with Crippen LogP contribution in [0.5, 0.6) is 0 Å². The maximum Gasteiger partial charge on any atom is 0.250 e. The van der Waals surface area contributed by atoms with Crippen LogP contribution in [0.3, 0.4) is 0 Å². The molecule has 0 radical (unpaired) electrons. The Kier molecular flexibility index (Phi) is 5.85. The highest BCUT2D eigenvalue weighted by Gasteiger charge is 2.20. The summed E-state index contributed by atoms with van der Waals surface area (Å²) in [5.74, 6) is 0.298. The van der Waals surface area contributed by atoms with Crippen molar-refractivity contribution in [2.24, 2.45) is 5.73 Å². The molecular formula is C18H20BrN5O2. The summed E-state index contributed by atoms with van der Waals surface area (Å²) in [6.45, 7) is 3.42. The van der Waals surface area contributed by atoms with E-state index in [9.17, 15) is 9.59 Å². The number of pyridine rings is 1. The molecule has 0 aliphatic carbocycles. The first-order valence-corrected chi connectivity index (χ1v) is 9.10. The molecule has 2 amide bonds. The lowest BCUT2D eigenvalue weighted by Crippen LogP contribution is -2.49. The summed E-state index contributed by atoms with van der Waals surface area (Å²) in [5.41, 5.74) is 6.40. The lowest BCUT2D eigenvalue weighted by atomic mass is 10.2. The van der Waals surface area contributed by atoms with Gasteiger partial charge in [-0.1, -0.05) is 12.1 Å². The Bertz CT molecular complexity index is 788. The van der Waals surface area contributed by atoms with Crippen molar-refractivity contribution in [1.82, 2.24) is 9.88 Å². The van der Waals surface area contributed by atoms with Crippen LogP contribution in [0.4, 0.5) is 11.5 Å². The molecule has 1 aromatic heterocycles. The third kappa shape index (κ3) is 4.59. The summed E-state index contributed by atoms with van der Waals surface area (Å²) in [6.07, 6.45) is 1.50. The van der Waals surface area contributed by atoms with Crippen LogP contribution >= 0.6 is 15.9 Å². The number of nitrogens with one attached hydrogen (secondary N) is 1. The summed E-state index contributed by atoms with van der Waals surface area (Å²) in [5, 5.41) is 2.92. The van der Waals surface area contributed by atoms with Gasteiger partial charge in [0.1, 0.15) is 5.82 Å². The van der Waals surface area contributed by atoms with Crippen LogP contribution in [-0.4, -0.2) is 54.4 Å². The number of carbonyl (C=O) groups excluding carboxylic acids is 2. The fraction of sp³-hybridized carbons (Fsp3) is 0.278. The normalized spacial score (nSPS) is 14.9. The topological polar surface area (TPSA) is 91.6 Å². The molecule has 0 spiro atoms. The molecule has 0 saturated carbocycles. The molecule has 0 bridgehead atoms. The molecule has 7 nitrogen and oxygen atoms in total. The van der Waals surface area contributed by atoms with E-state index in [-0.39, 0.29) is 5.91 Å². The van der Waals surface area contributed by atoms with Gasteiger partial charge in [0.25, 0.3) is 0 Å². The Morgan fingerprint density at radius 1 is 1.12 bits per heavy atom. The van der Waals surface area contributed by atoms with Crippen LogP contribution in [0.1, 0.15) is 10.4 Å². The lowest BCUT2D eigenvalue weighted by molar-refractivity contribution is -0.117. The number of piperazine rings is 1. The van der Waals surface area contributed by atoms with Crippen molar-refractivity contribution in [3.05, 3.63) is 52.6 Å². The summed E-state index contributed by atoms with van der Waals surface area (Å²) >= 11 is 3.43. The summed E-state index contributed by atoms with van der Waals surface area (Å²) in [4.78, 5) is 31.9. The molecule has 8 heteroatoms. The molecule has 1 fully saturated rings. The van der Waals surface area contributed by atoms with Gasteiger partial charge in [-0.3, -0.25) is 14.5 Å². The van der Waals surface area contributed by atoms with Gasteiger partial charge in [-0.25, -0.2) is 4.98 Å². The van der Waals surface area contributed by atoms with E-state index in [2.05, 4.69) is 36.0 Å². The van der Waals surface area contributed by atoms with Crippen LogP contribution in [0.15, 0.2) is 47.1 Å². The molecule has 0 atom stereocenters. The molecule has 1 aromatic carbocycles. The maximum absolute atomic E-state index is 12.2. The summed E-state index contributed by atoms with van der Waals surface area (Å²) in [6, 6.07) is 11.0. The molecule has 2 aromatic rings. The number of carbonyl (C=O) groups is 2. The maximum atomic E-state index is 12.2. The van der Waals surface area contributed by atoms with Crippen LogP contribution in [0.2, 0.25) is 0 Å². The van der Waals surface area contributed by atoms with E-state index in [1.54, 1.807) is 12.1 Å². The fourth-order valence-corrected chi connectivity index (χ4v) is 3.19. The SMILES string of the molecule is NC(=O)c1ccc(N2CCN(CC(=O)Nc3ccccc3Br)CC2)nc1. The second kappa shape index (κ2) is 8.29. The van der Waals surface area contributed by atoms with E-state index in [0.717, 1.165) is 42.2 Å². The standard InChI is InChI=1S/C18H20BrN5O2/c19-14-3-1-2-4-15(14)22-17(25)12-23-7-9-24(10-8-23)16-6-5-13(11-21-16)18(20)26/h1-6,11H,7-10,12H2,(H2,20,26)(H,22,25). The van der Waals surface area contributed by atoms with Gasteiger partial charge in [-0.05, 0) is 40.2 Å². The molecule has 3 rings (SSSR count). The van der Waals surface area contributed by atoms with E-state index >= 15 is 0 Å². The van der Waals surface area contributed by atoms with Gasteiger partial charge < -0.3 is 16.0 Å². The van der Waals surface area contributed by atoms with Gasteiger partial charge in [0.2, 0.25) is 11.8 Å². The number of hydrogen-bond acceptors (Lipinski definition) is 5. The number of amides is 2. The van der Waals surface area contributed by atoms with Crippen molar-refractivity contribution >= 4 is 39.2 Å². The Hall–Kier alpha value is -2.45. The lowest BCUT2D eigenvalue weighted by Gasteiger charge is -2.35. The zero-order valence-electron chi connectivity index (χ0n) is 14.2. The number of nitrogens with two attached hydrogens (primary N) is 1. The van der Waals surface area contributed by atoms with Gasteiger partial charge in [0, 0.05) is 36.8 Å². The quantitative estimate of drug-likeness (QED) is 0.772. The highest BCUT2D eigenvalue weighted by Crippen LogP contribution is 2.21. The summed E-state index contributed by atoms with van der Waals surface area (Å²) < 4.78 is 0.864. The van der Waals surface area contributed by atoms with Crippen molar-refractivity contribution < 1.29 is 9.59 Å². The number of anilines is 2. The Labute approximate surface area is 160 Å². The van der Waals surface area contributed by atoms with Crippen molar-refractivity contribution in [1.29, 1.82) is 0 Å². The molecule has 26 heavy (non-hydrogen) atoms.